The third-order valence-electron chi connectivity index (χ3n) is 6.76. The van der Waals surface area contributed by atoms with E-state index < -0.39 is 64.7 Å². The lowest BCUT2D eigenvalue weighted by molar-refractivity contribution is -0.179. The van der Waals surface area contributed by atoms with Crippen LogP contribution in [0.1, 0.15) is 56.0 Å². The number of halogens is 3. The van der Waals surface area contributed by atoms with Crippen LogP contribution >= 0.6 is 11.8 Å². The monoisotopic (exact) mass is 567 g/mol. The molecule has 6 atom stereocenters. The van der Waals surface area contributed by atoms with Crippen LogP contribution in [-0.2, 0) is 4.74 Å². The van der Waals surface area contributed by atoms with Gasteiger partial charge in [-0.05, 0) is 43.0 Å². The van der Waals surface area contributed by atoms with E-state index in [2.05, 4.69) is 10.3 Å². The molecule has 0 unspecified atom stereocenters. The van der Waals surface area contributed by atoms with Crippen LogP contribution in [0.3, 0.4) is 0 Å². The van der Waals surface area contributed by atoms with E-state index in [0.717, 1.165) is 39.7 Å². The minimum Gasteiger partial charge on any atom is -0.394 e. The normalized spacial score (nSPS) is 24.8. The van der Waals surface area contributed by atoms with Crippen molar-refractivity contribution in [2.45, 2.75) is 74.3 Å². The van der Waals surface area contributed by atoms with Gasteiger partial charge in [-0.15, -0.1) is 16.9 Å². The van der Waals surface area contributed by atoms with E-state index in [1.165, 1.54) is 6.20 Å². The fourth-order valence-corrected chi connectivity index (χ4v) is 6.27. The summed E-state index contributed by atoms with van der Waals surface area (Å²) >= 11 is 1.15. The highest BCUT2D eigenvalue weighted by molar-refractivity contribution is 8.00. The summed E-state index contributed by atoms with van der Waals surface area (Å²) in [6, 6.07) is 8.00. The van der Waals surface area contributed by atoms with E-state index in [1.807, 2.05) is 38.1 Å². The average Bonchev–Trinajstić information content (AvgIpc) is 3.35. The smallest absolute Gasteiger partial charge is 0.194 e. The first kappa shape index (κ1) is 29.5. The highest BCUT2D eigenvalue weighted by Gasteiger charge is 2.48. The molecule has 8 nitrogen and oxygen atoms in total. The zero-order valence-corrected chi connectivity index (χ0v) is 22.7. The maximum absolute atomic E-state index is 13.8. The van der Waals surface area contributed by atoms with Crippen molar-refractivity contribution >= 4 is 11.8 Å². The average molecular weight is 568 g/mol. The molecule has 0 spiro atoms. The predicted molar refractivity (Wildman–Crippen MR) is 139 cm³/mol. The van der Waals surface area contributed by atoms with Gasteiger partial charge in [0.15, 0.2) is 17.5 Å². The van der Waals surface area contributed by atoms with Gasteiger partial charge in [-0.2, -0.15) is 0 Å². The third-order valence-corrected chi connectivity index (χ3v) is 8.52. The van der Waals surface area contributed by atoms with Gasteiger partial charge in [-0.3, -0.25) is 0 Å². The standard InChI is InChI=1S/C27H32F3N3O5S/c1-13(2)15-7-5-6-8-16(15)25(27(3,4)37)39-26-24(36)22(23(35)20(12-34)38-26)33-11-19(31-32-33)14-9-17(28)21(30)18(29)10-14/h5-11,13,20,22-26,34-37H,12H2,1-4H3/t20-,22+,23+,24-,25+,26+/m1/s1. The Morgan fingerprint density at radius 1 is 1.05 bits per heavy atom. The van der Waals surface area contributed by atoms with Gasteiger partial charge in [0.25, 0.3) is 0 Å². The van der Waals surface area contributed by atoms with Gasteiger partial charge in [-0.25, -0.2) is 17.9 Å². The minimum absolute atomic E-state index is 0.0244. The van der Waals surface area contributed by atoms with Crippen LogP contribution in [0.25, 0.3) is 11.3 Å². The van der Waals surface area contributed by atoms with Crippen LogP contribution in [0.2, 0.25) is 0 Å². The van der Waals surface area contributed by atoms with Crippen LogP contribution in [0.4, 0.5) is 13.2 Å². The molecule has 0 amide bonds. The molecular weight excluding hydrogens is 535 g/mol. The Kier molecular flexibility index (Phi) is 8.74. The highest BCUT2D eigenvalue weighted by atomic mass is 32.2. The maximum atomic E-state index is 13.8. The molecule has 2 aromatic carbocycles. The summed E-state index contributed by atoms with van der Waals surface area (Å²) < 4.78 is 48.0. The van der Waals surface area contributed by atoms with Crippen molar-refractivity contribution in [1.82, 2.24) is 15.0 Å². The lowest BCUT2D eigenvalue weighted by atomic mass is 9.89. The van der Waals surface area contributed by atoms with Gasteiger partial charge in [0.2, 0.25) is 0 Å². The molecule has 1 aromatic heterocycles. The third kappa shape index (κ3) is 6.01. The van der Waals surface area contributed by atoms with Crippen molar-refractivity contribution in [3.05, 3.63) is 71.2 Å². The second kappa shape index (κ2) is 11.6. The quantitative estimate of drug-likeness (QED) is 0.304. The molecule has 1 fully saturated rings. The van der Waals surface area contributed by atoms with Gasteiger partial charge >= 0.3 is 0 Å². The molecule has 3 aromatic rings. The summed E-state index contributed by atoms with van der Waals surface area (Å²) in [4.78, 5) is 0. The van der Waals surface area contributed by atoms with Gasteiger partial charge in [-0.1, -0.05) is 43.3 Å². The van der Waals surface area contributed by atoms with Crippen molar-refractivity contribution in [1.29, 1.82) is 0 Å². The highest BCUT2D eigenvalue weighted by Crippen LogP contribution is 2.47. The SMILES string of the molecule is CC(C)c1ccccc1[C@H](S[C@@H]1O[C@H](CO)[C@H](O)[C@H](n2cc(-c3cc(F)c(F)c(F)c3)nn2)[C@H]1O)C(C)(C)O. The number of nitrogens with zero attached hydrogens (tertiary/aromatic N) is 3. The van der Waals surface area contributed by atoms with Crippen molar-refractivity contribution in [2.24, 2.45) is 0 Å². The summed E-state index contributed by atoms with van der Waals surface area (Å²) in [6.45, 7) is 6.79. The van der Waals surface area contributed by atoms with Crippen LogP contribution in [0, 0.1) is 17.5 Å². The number of rotatable bonds is 8. The van der Waals surface area contributed by atoms with Gasteiger partial charge in [0.1, 0.15) is 35.5 Å². The molecule has 212 valence electrons. The van der Waals surface area contributed by atoms with Crippen LogP contribution in [0.15, 0.2) is 42.6 Å². The summed E-state index contributed by atoms with van der Waals surface area (Å²) in [5.74, 6) is -4.27. The molecule has 2 heterocycles. The van der Waals surface area contributed by atoms with E-state index in [4.69, 9.17) is 4.74 Å². The number of hydrogen-bond acceptors (Lipinski definition) is 8. The van der Waals surface area contributed by atoms with Gasteiger partial charge in [0.05, 0.1) is 23.7 Å². The zero-order valence-electron chi connectivity index (χ0n) is 21.9. The Balaban J connectivity index is 1.68. The molecule has 1 aliphatic rings. The van der Waals surface area contributed by atoms with E-state index in [1.54, 1.807) is 13.8 Å². The summed E-state index contributed by atoms with van der Waals surface area (Å²) in [6.07, 6.45) is -2.69. The molecule has 0 saturated carbocycles. The van der Waals surface area contributed by atoms with Crippen molar-refractivity contribution < 1.29 is 38.3 Å². The first-order valence-electron chi connectivity index (χ1n) is 12.5. The Morgan fingerprint density at radius 3 is 2.23 bits per heavy atom. The lowest BCUT2D eigenvalue weighted by Gasteiger charge is -2.44. The van der Waals surface area contributed by atoms with E-state index >= 15 is 0 Å². The fourth-order valence-electron chi connectivity index (χ4n) is 4.78. The largest absolute Gasteiger partial charge is 0.394 e. The van der Waals surface area contributed by atoms with E-state index in [-0.39, 0.29) is 17.2 Å². The number of aliphatic hydroxyl groups excluding tert-OH is 3. The second-order valence-corrected chi connectivity index (χ2v) is 11.7. The number of ether oxygens (including phenoxy) is 1. The summed E-state index contributed by atoms with van der Waals surface area (Å²) in [5, 5.41) is 50.6. The molecule has 4 N–H and O–H groups in total. The van der Waals surface area contributed by atoms with Gasteiger partial charge < -0.3 is 25.2 Å². The molecule has 12 heteroatoms. The van der Waals surface area contributed by atoms with Crippen LogP contribution < -0.4 is 0 Å². The maximum Gasteiger partial charge on any atom is 0.194 e. The Labute approximate surface area is 228 Å². The Bertz CT molecular complexity index is 1280. The van der Waals surface area contributed by atoms with Gasteiger partial charge in [0, 0.05) is 5.56 Å². The predicted octanol–water partition coefficient (Wildman–Crippen LogP) is 3.71. The lowest BCUT2D eigenvalue weighted by Crippen LogP contribution is -2.55. The minimum atomic E-state index is -1.62. The molecule has 1 aliphatic heterocycles. The molecule has 39 heavy (non-hydrogen) atoms. The molecule has 0 radical (unpaired) electrons. The number of aromatic nitrogens is 3. The number of hydrogen-bond donors (Lipinski definition) is 4. The Morgan fingerprint density at radius 2 is 1.67 bits per heavy atom. The van der Waals surface area contributed by atoms with Crippen LogP contribution in [0.5, 0.6) is 0 Å². The first-order chi connectivity index (χ1) is 18.3. The number of thioether (sulfide) groups is 1. The molecule has 0 bridgehead atoms. The zero-order chi connectivity index (χ0) is 28.6. The van der Waals surface area contributed by atoms with E-state index in [0.29, 0.717) is 0 Å². The summed E-state index contributed by atoms with van der Waals surface area (Å²) in [5.41, 5.74) is -0.532. The second-order valence-electron chi connectivity index (χ2n) is 10.5. The van der Waals surface area contributed by atoms with Crippen molar-refractivity contribution in [2.75, 3.05) is 6.61 Å². The fraction of sp³-hybridized carbons (Fsp3) is 0.481. The van der Waals surface area contributed by atoms with E-state index in [9.17, 15) is 33.6 Å². The number of benzene rings is 2. The van der Waals surface area contributed by atoms with Crippen molar-refractivity contribution in [3.63, 3.8) is 0 Å². The number of aliphatic hydroxyl groups is 4. The van der Waals surface area contributed by atoms with Crippen LogP contribution in [-0.4, -0.2) is 71.4 Å². The molecule has 0 aliphatic carbocycles. The molecular formula is C27H32F3N3O5S. The first-order valence-corrected chi connectivity index (χ1v) is 13.4. The topological polar surface area (TPSA) is 121 Å². The summed E-state index contributed by atoms with van der Waals surface area (Å²) in [7, 11) is 0. The Hall–Kier alpha value is -2.48. The van der Waals surface area contributed by atoms with Crippen molar-refractivity contribution in [3.8, 4) is 11.3 Å². The molecule has 1 saturated heterocycles. The molecule has 4 rings (SSSR count).